The van der Waals surface area contributed by atoms with Crippen LogP contribution in [0.3, 0.4) is 0 Å². The Balaban J connectivity index is 2.47. The van der Waals surface area contributed by atoms with Crippen LogP contribution in [0, 0.1) is 10.1 Å². The molecule has 0 aliphatic heterocycles. The molecule has 1 aromatic heterocycles. The van der Waals surface area contributed by atoms with Gasteiger partial charge in [0.2, 0.25) is 0 Å². The maximum absolute atomic E-state index is 10.6. The van der Waals surface area contributed by atoms with E-state index in [0.29, 0.717) is 6.42 Å². The van der Waals surface area contributed by atoms with Gasteiger partial charge in [0, 0.05) is 17.8 Å². The van der Waals surface area contributed by atoms with E-state index in [0.717, 1.165) is 0 Å². The molecule has 1 aliphatic rings. The van der Waals surface area contributed by atoms with Crippen molar-refractivity contribution in [3.8, 4) is 0 Å². The Hall–Kier alpha value is -1.99. The lowest BCUT2D eigenvalue weighted by Gasteiger charge is -2.12. The van der Waals surface area contributed by atoms with Crippen molar-refractivity contribution >= 4 is 5.71 Å². The highest BCUT2D eigenvalue weighted by atomic mass is 16.6. The first kappa shape index (κ1) is 8.60. The summed E-state index contributed by atoms with van der Waals surface area (Å²) in [6.07, 6.45) is 0.539. The summed E-state index contributed by atoms with van der Waals surface area (Å²) in [4.78, 5) is 10.2. The summed E-state index contributed by atoms with van der Waals surface area (Å²) in [5.74, 6) is 0. The third-order valence-electron chi connectivity index (χ3n) is 2.13. The van der Waals surface area contributed by atoms with Crippen molar-refractivity contribution < 1.29 is 14.8 Å². The van der Waals surface area contributed by atoms with Crippen molar-refractivity contribution in [3.05, 3.63) is 21.5 Å². The molecule has 1 aliphatic carbocycles. The van der Waals surface area contributed by atoms with Gasteiger partial charge in [-0.2, -0.15) is 0 Å². The fraction of sp³-hybridized carbons (Fsp3) is 0.500. The van der Waals surface area contributed by atoms with E-state index in [4.69, 9.17) is 5.21 Å². The van der Waals surface area contributed by atoms with Gasteiger partial charge in [-0.25, -0.2) is 4.63 Å². The van der Waals surface area contributed by atoms with Gasteiger partial charge >= 0.3 is 0 Å². The quantitative estimate of drug-likeness (QED) is 0.395. The number of nitro groups is 1. The zero-order chi connectivity index (χ0) is 10.1. The van der Waals surface area contributed by atoms with Crippen LogP contribution in [0.4, 0.5) is 0 Å². The molecule has 74 valence electrons. The zero-order valence-electron chi connectivity index (χ0n) is 6.95. The topological polar surface area (TPSA) is 115 Å². The summed E-state index contributed by atoms with van der Waals surface area (Å²) in [6.45, 7) is 0. The highest BCUT2D eigenvalue weighted by molar-refractivity contribution is 6.00. The highest BCUT2D eigenvalue weighted by Gasteiger charge is 2.37. The van der Waals surface area contributed by atoms with Gasteiger partial charge in [-0.05, 0) is 10.3 Å². The summed E-state index contributed by atoms with van der Waals surface area (Å²) in [7, 11) is 0. The van der Waals surface area contributed by atoms with Gasteiger partial charge in [0.25, 0.3) is 6.04 Å². The first-order chi connectivity index (χ1) is 6.74. The van der Waals surface area contributed by atoms with Gasteiger partial charge < -0.3 is 5.21 Å². The molecule has 0 spiro atoms. The van der Waals surface area contributed by atoms with E-state index < -0.39 is 11.0 Å². The van der Waals surface area contributed by atoms with Gasteiger partial charge in [0.05, 0.1) is 0 Å². The predicted molar refractivity (Wildman–Crippen MR) is 41.6 cm³/mol. The van der Waals surface area contributed by atoms with Crippen LogP contribution in [-0.2, 0) is 0 Å². The maximum Gasteiger partial charge on any atom is 0.260 e. The number of rotatable bonds is 1. The average Bonchev–Trinajstić information content (AvgIpc) is 2.64. The Morgan fingerprint density at radius 3 is 3.07 bits per heavy atom. The zero-order valence-corrected chi connectivity index (χ0v) is 6.95. The second kappa shape index (κ2) is 3.05. The molecule has 14 heavy (non-hydrogen) atoms. The smallest absolute Gasteiger partial charge is 0.260 e. The summed E-state index contributed by atoms with van der Waals surface area (Å²) in [6, 6.07) is -0.915. The van der Waals surface area contributed by atoms with E-state index in [1.54, 1.807) is 0 Å². The van der Waals surface area contributed by atoms with Crippen molar-refractivity contribution in [2.75, 3.05) is 0 Å². The lowest BCUT2D eigenvalue weighted by molar-refractivity contribution is -0.531. The maximum atomic E-state index is 10.6. The van der Waals surface area contributed by atoms with Crippen LogP contribution in [-0.4, -0.2) is 26.2 Å². The molecule has 0 radical (unpaired) electrons. The number of nitrogens with zero attached hydrogens (tertiary/aromatic N) is 4. The molecule has 1 N–H and O–H groups in total. The van der Waals surface area contributed by atoms with Crippen molar-refractivity contribution in [1.82, 2.24) is 10.3 Å². The minimum absolute atomic E-state index is 0.133. The SMILES string of the molecule is O=[N+]([O-])[C@H]1CC/C(=N/O)c2nonc21. The molecule has 0 fully saturated rings. The summed E-state index contributed by atoms with van der Waals surface area (Å²) in [5, 5.41) is 29.1. The molecular formula is C6H6N4O4. The first-order valence-corrected chi connectivity index (χ1v) is 3.91. The Morgan fingerprint density at radius 2 is 2.43 bits per heavy atom. The van der Waals surface area contributed by atoms with E-state index in [1.807, 2.05) is 0 Å². The van der Waals surface area contributed by atoms with Crippen molar-refractivity contribution in [2.24, 2.45) is 5.16 Å². The monoisotopic (exact) mass is 198 g/mol. The Kier molecular flexibility index (Phi) is 1.88. The lowest BCUT2D eigenvalue weighted by atomic mass is 9.95. The molecule has 0 unspecified atom stereocenters. The third kappa shape index (κ3) is 1.11. The Morgan fingerprint density at radius 1 is 1.64 bits per heavy atom. The lowest BCUT2D eigenvalue weighted by Crippen LogP contribution is -2.21. The molecule has 1 aromatic rings. The minimum Gasteiger partial charge on any atom is -0.411 e. The minimum atomic E-state index is -0.915. The predicted octanol–water partition coefficient (Wildman–Crippen LogP) is 0.359. The molecular weight excluding hydrogens is 192 g/mol. The number of fused-ring (bicyclic) bond motifs is 1. The first-order valence-electron chi connectivity index (χ1n) is 3.91. The molecule has 0 saturated carbocycles. The van der Waals surface area contributed by atoms with Gasteiger partial charge in [-0.3, -0.25) is 10.1 Å². The molecule has 1 heterocycles. The molecule has 0 bridgehead atoms. The van der Waals surface area contributed by atoms with Crippen LogP contribution in [0.25, 0.3) is 0 Å². The summed E-state index contributed by atoms with van der Waals surface area (Å²) < 4.78 is 4.38. The fourth-order valence-corrected chi connectivity index (χ4v) is 1.45. The van der Waals surface area contributed by atoms with E-state index in [2.05, 4.69) is 20.1 Å². The van der Waals surface area contributed by atoms with Crippen molar-refractivity contribution in [2.45, 2.75) is 18.9 Å². The van der Waals surface area contributed by atoms with E-state index in [9.17, 15) is 10.1 Å². The van der Waals surface area contributed by atoms with Crippen LogP contribution >= 0.6 is 0 Å². The fourth-order valence-electron chi connectivity index (χ4n) is 1.45. The van der Waals surface area contributed by atoms with Crippen LogP contribution in [0.15, 0.2) is 9.78 Å². The second-order valence-electron chi connectivity index (χ2n) is 2.88. The summed E-state index contributed by atoms with van der Waals surface area (Å²) >= 11 is 0. The van der Waals surface area contributed by atoms with Gasteiger partial charge in [-0.15, -0.1) is 0 Å². The Bertz CT molecular complexity index is 398. The van der Waals surface area contributed by atoms with E-state index in [-0.39, 0.29) is 23.5 Å². The second-order valence-corrected chi connectivity index (χ2v) is 2.88. The van der Waals surface area contributed by atoms with Crippen LogP contribution in [0.2, 0.25) is 0 Å². The molecule has 8 nitrogen and oxygen atoms in total. The van der Waals surface area contributed by atoms with Gasteiger partial charge in [0.15, 0.2) is 11.4 Å². The Labute approximate surface area is 77.3 Å². The molecule has 2 rings (SSSR count). The molecule has 1 atom stereocenters. The standard InChI is InChI=1S/C6H6N4O4/c11-7-3-1-2-4(10(12)13)6-5(3)8-14-9-6/h4,11H,1-2H2/b7-3-/t4-/m0/s1. The van der Waals surface area contributed by atoms with Gasteiger partial charge in [0.1, 0.15) is 5.71 Å². The normalized spacial score (nSPS) is 23.4. The van der Waals surface area contributed by atoms with Crippen molar-refractivity contribution in [1.29, 1.82) is 0 Å². The number of hydrogen-bond acceptors (Lipinski definition) is 7. The average molecular weight is 198 g/mol. The highest BCUT2D eigenvalue weighted by Crippen LogP contribution is 2.29. The molecule has 0 saturated heterocycles. The largest absolute Gasteiger partial charge is 0.411 e. The van der Waals surface area contributed by atoms with E-state index in [1.165, 1.54) is 0 Å². The van der Waals surface area contributed by atoms with Crippen LogP contribution in [0.1, 0.15) is 30.3 Å². The van der Waals surface area contributed by atoms with Crippen LogP contribution < -0.4 is 0 Å². The molecule has 0 aromatic carbocycles. The van der Waals surface area contributed by atoms with E-state index >= 15 is 0 Å². The van der Waals surface area contributed by atoms with Crippen LogP contribution in [0.5, 0.6) is 0 Å². The number of hydrogen-bond donors (Lipinski definition) is 1. The third-order valence-corrected chi connectivity index (χ3v) is 2.13. The van der Waals surface area contributed by atoms with Gasteiger partial charge in [-0.1, -0.05) is 5.16 Å². The molecule has 0 amide bonds. The van der Waals surface area contributed by atoms with Crippen molar-refractivity contribution in [3.63, 3.8) is 0 Å². The number of aromatic nitrogens is 2. The summed E-state index contributed by atoms with van der Waals surface area (Å²) in [5.41, 5.74) is 0.592. The molecule has 8 heteroatoms. The number of oxime groups is 1.